The van der Waals surface area contributed by atoms with Crippen LogP contribution in [0.25, 0.3) is 88.7 Å². The van der Waals surface area contributed by atoms with Gasteiger partial charge in [0, 0.05) is 49.4 Å². The lowest BCUT2D eigenvalue weighted by molar-refractivity contribution is 0.436. The van der Waals surface area contributed by atoms with Crippen molar-refractivity contribution in [1.29, 1.82) is 0 Å². The van der Waals surface area contributed by atoms with Crippen LogP contribution in [0, 0.1) is 0 Å². The second kappa shape index (κ2) is 13.4. The van der Waals surface area contributed by atoms with Gasteiger partial charge in [-0.25, -0.2) is 15.0 Å². The van der Waals surface area contributed by atoms with Gasteiger partial charge in [-0.1, -0.05) is 188 Å². The highest BCUT2D eigenvalue weighted by molar-refractivity contribution is 6.20. The first-order chi connectivity index (χ1) is 30.7. The molecule has 0 atom stereocenters. The van der Waals surface area contributed by atoms with E-state index >= 15 is 0 Å². The molecule has 4 heteroatoms. The van der Waals surface area contributed by atoms with Gasteiger partial charge in [0.15, 0.2) is 5.82 Å². The minimum absolute atomic E-state index is 0.563. The van der Waals surface area contributed by atoms with Gasteiger partial charge in [0.2, 0.25) is 0 Å². The number of hydrogen-bond acceptors (Lipinski definition) is 4. The van der Waals surface area contributed by atoms with Crippen molar-refractivity contribution in [3.05, 3.63) is 235 Å². The molecule has 2 aromatic heterocycles. The fraction of sp³-hybridized carbons (Fsp3) is 0.0172. The van der Waals surface area contributed by atoms with Gasteiger partial charge in [0.25, 0.3) is 0 Å². The number of para-hydroxylation sites is 3. The van der Waals surface area contributed by atoms with Crippen molar-refractivity contribution in [2.45, 2.75) is 5.41 Å². The summed E-state index contributed by atoms with van der Waals surface area (Å²) in [6.45, 7) is 0. The van der Waals surface area contributed by atoms with Crippen LogP contribution in [0.4, 0.5) is 0 Å². The van der Waals surface area contributed by atoms with Crippen molar-refractivity contribution in [3.63, 3.8) is 0 Å². The Morgan fingerprint density at radius 1 is 0.339 bits per heavy atom. The molecule has 0 amide bonds. The molecule has 9 aromatic carbocycles. The van der Waals surface area contributed by atoms with Crippen molar-refractivity contribution >= 4 is 32.6 Å². The highest BCUT2D eigenvalue weighted by Gasteiger charge is 2.51. The van der Waals surface area contributed by atoms with E-state index in [1.165, 1.54) is 27.6 Å². The zero-order valence-corrected chi connectivity index (χ0v) is 33.5. The molecule has 0 saturated heterocycles. The fourth-order valence-corrected chi connectivity index (χ4v) is 10.3. The van der Waals surface area contributed by atoms with Crippen LogP contribution in [0.3, 0.4) is 0 Å². The summed E-state index contributed by atoms with van der Waals surface area (Å²) in [5.74, 6) is 2.49. The second-order valence-corrected chi connectivity index (χ2v) is 16.2. The number of benzene rings is 9. The van der Waals surface area contributed by atoms with Gasteiger partial charge < -0.3 is 4.74 Å². The van der Waals surface area contributed by atoms with E-state index in [1.54, 1.807) is 0 Å². The van der Waals surface area contributed by atoms with Crippen LogP contribution in [-0.2, 0) is 5.41 Å². The predicted octanol–water partition coefficient (Wildman–Crippen LogP) is 14.5. The molecule has 1 aliphatic carbocycles. The molecule has 0 bridgehead atoms. The van der Waals surface area contributed by atoms with Crippen LogP contribution in [0.5, 0.6) is 11.5 Å². The van der Waals surface area contributed by atoms with E-state index in [0.717, 1.165) is 94.8 Å². The van der Waals surface area contributed by atoms with E-state index < -0.39 is 5.41 Å². The Hall–Kier alpha value is -8.21. The number of ether oxygens (including phenoxy) is 1. The summed E-state index contributed by atoms with van der Waals surface area (Å²) in [6, 6.07) is 75.4. The number of pyridine rings is 1. The highest BCUT2D eigenvalue weighted by Crippen LogP contribution is 2.63. The van der Waals surface area contributed by atoms with Crippen molar-refractivity contribution in [2.75, 3.05) is 0 Å². The maximum absolute atomic E-state index is 6.64. The summed E-state index contributed by atoms with van der Waals surface area (Å²) in [5.41, 5.74) is 15.9. The number of hydrogen-bond donors (Lipinski definition) is 0. The van der Waals surface area contributed by atoms with Gasteiger partial charge in [-0.2, -0.15) is 0 Å². The molecule has 4 nitrogen and oxygen atoms in total. The quantitative estimate of drug-likeness (QED) is 0.167. The SMILES string of the molecule is c1ccc(-c2nc(-c3ccc(-c4ccc5c(c4)nc(-c4ccccc4)c4ccc6c(c45)-c4ccccc4C64c5ccccc5Oc5ccccc54)cc3)c3ccccc3n2)cc1. The molecule has 288 valence electrons. The molecule has 3 heterocycles. The normalized spacial score (nSPS) is 13.1. The Labute approximate surface area is 358 Å². The Morgan fingerprint density at radius 2 is 0.903 bits per heavy atom. The molecule has 13 rings (SSSR count). The first-order valence-corrected chi connectivity index (χ1v) is 21.1. The highest BCUT2D eigenvalue weighted by atomic mass is 16.5. The average molecular weight is 790 g/mol. The van der Waals surface area contributed by atoms with Crippen LogP contribution in [0.2, 0.25) is 0 Å². The monoisotopic (exact) mass is 789 g/mol. The van der Waals surface area contributed by atoms with E-state index in [2.05, 4.69) is 188 Å². The zero-order valence-electron chi connectivity index (χ0n) is 33.5. The van der Waals surface area contributed by atoms with Gasteiger partial charge in [-0.15, -0.1) is 0 Å². The number of nitrogens with zero attached hydrogens (tertiary/aromatic N) is 3. The van der Waals surface area contributed by atoms with E-state index in [0.29, 0.717) is 0 Å². The minimum atomic E-state index is -0.563. The van der Waals surface area contributed by atoms with Gasteiger partial charge in [-0.05, 0) is 57.6 Å². The molecule has 0 radical (unpaired) electrons. The Morgan fingerprint density at radius 3 is 1.66 bits per heavy atom. The van der Waals surface area contributed by atoms with Crippen LogP contribution >= 0.6 is 0 Å². The lowest BCUT2D eigenvalue weighted by atomic mass is 9.66. The minimum Gasteiger partial charge on any atom is -0.457 e. The lowest BCUT2D eigenvalue weighted by Crippen LogP contribution is -2.32. The molecule has 0 N–H and O–H groups in total. The summed E-state index contributed by atoms with van der Waals surface area (Å²) in [6.07, 6.45) is 0. The Bertz CT molecular complexity index is 3550. The van der Waals surface area contributed by atoms with Crippen molar-refractivity contribution < 1.29 is 4.74 Å². The van der Waals surface area contributed by atoms with E-state index in [9.17, 15) is 0 Å². The van der Waals surface area contributed by atoms with E-state index in [-0.39, 0.29) is 0 Å². The van der Waals surface area contributed by atoms with Gasteiger partial charge in [0.1, 0.15) is 11.5 Å². The molecule has 0 unspecified atom stereocenters. The van der Waals surface area contributed by atoms with Crippen LogP contribution < -0.4 is 4.74 Å². The predicted molar refractivity (Wildman–Crippen MR) is 251 cm³/mol. The first kappa shape index (κ1) is 34.6. The third kappa shape index (κ3) is 4.98. The van der Waals surface area contributed by atoms with E-state index in [1.807, 2.05) is 24.3 Å². The van der Waals surface area contributed by atoms with Crippen molar-refractivity contribution in [1.82, 2.24) is 15.0 Å². The van der Waals surface area contributed by atoms with Gasteiger partial charge in [0.05, 0.1) is 27.8 Å². The van der Waals surface area contributed by atoms with Crippen molar-refractivity contribution in [2.24, 2.45) is 0 Å². The van der Waals surface area contributed by atoms with E-state index in [4.69, 9.17) is 19.7 Å². The molecule has 0 fully saturated rings. The smallest absolute Gasteiger partial charge is 0.160 e. The maximum Gasteiger partial charge on any atom is 0.160 e. The second-order valence-electron chi connectivity index (χ2n) is 16.2. The van der Waals surface area contributed by atoms with Crippen LogP contribution in [-0.4, -0.2) is 15.0 Å². The summed E-state index contributed by atoms with van der Waals surface area (Å²) in [4.78, 5) is 15.6. The van der Waals surface area contributed by atoms with Gasteiger partial charge >= 0.3 is 0 Å². The standard InChI is InChI=1S/C58H35N3O/c1-3-15-37(16-4-1)56-44-33-34-48-54(41-19-7-9-21-45(41)58(48)46-22-10-13-25-51(46)62-52-26-14-11-23-47(52)58)53(44)42-32-31-40(35-50(42)59-56)36-27-29-38(30-28-36)55-43-20-8-12-24-49(43)60-57(61-55)39-17-5-2-6-18-39/h1-35H. The molecule has 2 aliphatic rings. The lowest BCUT2D eigenvalue weighted by Gasteiger charge is -2.39. The maximum atomic E-state index is 6.64. The van der Waals surface area contributed by atoms with Gasteiger partial charge in [-0.3, -0.25) is 0 Å². The summed E-state index contributed by atoms with van der Waals surface area (Å²) < 4.78 is 6.64. The molecule has 1 spiro atoms. The average Bonchev–Trinajstić information content (AvgIpc) is 3.64. The van der Waals surface area contributed by atoms with Crippen LogP contribution in [0.1, 0.15) is 22.3 Å². The molecule has 0 saturated carbocycles. The summed E-state index contributed by atoms with van der Waals surface area (Å²) >= 11 is 0. The Balaban J connectivity index is 1.03. The molecule has 1 aliphatic heterocycles. The summed E-state index contributed by atoms with van der Waals surface area (Å²) in [5, 5.41) is 4.49. The number of rotatable bonds is 4. The topological polar surface area (TPSA) is 47.9 Å². The number of aromatic nitrogens is 3. The molecule has 11 aromatic rings. The first-order valence-electron chi connectivity index (χ1n) is 21.1. The molecular formula is C58H35N3O. The van der Waals surface area contributed by atoms with Crippen LogP contribution in [0.15, 0.2) is 212 Å². The largest absolute Gasteiger partial charge is 0.457 e. The third-order valence-corrected chi connectivity index (χ3v) is 12.9. The fourth-order valence-electron chi connectivity index (χ4n) is 10.3. The number of fused-ring (bicyclic) bond motifs is 14. The molecule has 62 heavy (non-hydrogen) atoms. The van der Waals surface area contributed by atoms with Crippen molar-refractivity contribution in [3.8, 4) is 67.7 Å². The zero-order chi connectivity index (χ0) is 40.8. The summed E-state index contributed by atoms with van der Waals surface area (Å²) in [7, 11) is 0. The third-order valence-electron chi connectivity index (χ3n) is 12.9. The molecular weight excluding hydrogens is 755 g/mol. The Kier molecular flexibility index (Phi) is 7.49.